The monoisotopic (exact) mass is 458 g/mol. The number of nitrogens with zero attached hydrogens (tertiary/aromatic N) is 3. The van der Waals surface area contributed by atoms with Gasteiger partial charge in [0.2, 0.25) is 5.13 Å². The van der Waals surface area contributed by atoms with E-state index in [-0.39, 0.29) is 21.5 Å². The van der Waals surface area contributed by atoms with Crippen LogP contribution in [0.4, 0.5) is 5.13 Å². The van der Waals surface area contributed by atoms with Crippen LogP contribution >= 0.6 is 23.1 Å². The Balaban J connectivity index is 1.83. The van der Waals surface area contributed by atoms with Gasteiger partial charge in [0.05, 0.1) is 30.8 Å². The molecule has 0 atom stereocenters. The lowest BCUT2D eigenvalue weighted by Gasteiger charge is -2.27. The Morgan fingerprint density at radius 2 is 2.10 bits per heavy atom. The van der Waals surface area contributed by atoms with Gasteiger partial charge < -0.3 is 14.4 Å². The van der Waals surface area contributed by atoms with Crippen LogP contribution in [0.15, 0.2) is 27.4 Å². The van der Waals surface area contributed by atoms with Gasteiger partial charge in [-0.05, 0) is 24.6 Å². The molecule has 158 valence electrons. The van der Waals surface area contributed by atoms with Gasteiger partial charge in [0.1, 0.15) is 5.75 Å². The van der Waals surface area contributed by atoms with Crippen molar-refractivity contribution in [3.8, 4) is 5.75 Å². The molecule has 1 N–H and O–H groups in total. The molecule has 1 aliphatic rings. The molecule has 0 spiro atoms. The second-order valence-electron chi connectivity index (χ2n) is 6.09. The Kier molecular flexibility index (Phi) is 7.33. The smallest absolute Gasteiger partial charge is 0.263 e. The number of carbonyl (C=O) groups excluding carboxylic acids is 1. The average molecular weight is 459 g/mol. The summed E-state index contributed by atoms with van der Waals surface area (Å²) in [7, 11) is -2.50. The van der Waals surface area contributed by atoms with E-state index in [0.717, 1.165) is 12.2 Å². The maximum atomic E-state index is 12.9. The van der Waals surface area contributed by atoms with E-state index in [2.05, 4.69) is 21.8 Å². The number of ether oxygens (including phenoxy) is 2. The highest BCUT2D eigenvalue weighted by molar-refractivity contribution is 8.01. The molecule has 0 aliphatic carbocycles. The SMILES string of the molecule is CCCSc1nnc(NS(=O)(=O)c2ccc(OC)c(C(=O)N3CCOCC3)c2)s1. The summed E-state index contributed by atoms with van der Waals surface area (Å²) in [4.78, 5) is 14.4. The molecular weight excluding hydrogens is 436 g/mol. The predicted molar refractivity (Wildman–Crippen MR) is 111 cm³/mol. The molecule has 0 radical (unpaired) electrons. The number of rotatable bonds is 8. The number of hydrogen-bond donors (Lipinski definition) is 1. The molecule has 2 aromatic rings. The van der Waals surface area contributed by atoms with Crippen LogP contribution in [0, 0.1) is 0 Å². The first kappa shape index (κ1) is 21.8. The number of thioether (sulfide) groups is 1. The lowest BCUT2D eigenvalue weighted by Crippen LogP contribution is -2.40. The standard InChI is InChI=1S/C17H22N4O5S3/c1-3-10-27-17-19-18-16(28-17)20-29(23,24)12-4-5-14(25-2)13(11-12)15(22)21-6-8-26-9-7-21/h4-5,11H,3,6-10H2,1-2H3,(H,18,20). The first-order valence-electron chi connectivity index (χ1n) is 8.98. The third-order valence-corrected chi connectivity index (χ3v) is 7.71. The van der Waals surface area contributed by atoms with Gasteiger partial charge in [-0.1, -0.05) is 30.0 Å². The minimum atomic E-state index is -3.93. The van der Waals surface area contributed by atoms with Crippen LogP contribution in [0.1, 0.15) is 23.7 Å². The molecule has 0 saturated carbocycles. The van der Waals surface area contributed by atoms with E-state index in [1.54, 1.807) is 4.90 Å². The highest BCUT2D eigenvalue weighted by atomic mass is 32.2. The minimum Gasteiger partial charge on any atom is -0.496 e. The van der Waals surface area contributed by atoms with Crippen LogP contribution in [-0.2, 0) is 14.8 Å². The second kappa shape index (κ2) is 9.74. The van der Waals surface area contributed by atoms with E-state index in [0.29, 0.717) is 36.4 Å². The van der Waals surface area contributed by atoms with Crippen molar-refractivity contribution in [1.82, 2.24) is 15.1 Å². The zero-order valence-corrected chi connectivity index (χ0v) is 18.5. The number of carbonyl (C=O) groups is 1. The number of anilines is 1. The Labute approximate surface area is 177 Å². The summed E-state index contributed by atoms with van der Waals surface area (Å²) in [6.45, 7) is 3.84. The van der Waals surface area contributed by atoms with E-state index in [1.807, 2.05) is 0 Å². The molecule has 1 aromatic heterocycles. The second-order valence-corrected chi connectivity index (χ2v) is 10.1. The van der Waals surface area contributed by atoms with Gasteiger partial charge in [-0.3, -0.25) is 9.52 Å². The fourth-order valence-electron chi connectivity index (χ4n) is 2.63. The molecule has 12 heteroatoms. The fraction of sp³-hybridized carbons (Fsp3) is 0.471. The predicted octanol–water partition coefficient (Wildman–Crippen LogP) is 2.32. The molecule has 1 aromatic carbocycles. The van der Waals surface area contributed by atoms with Crippen LogP contribution in [0.5, 0.6) is 5.75 Å². The van der Waals surface area contributed by atoms with Gasteiger partial charge in [0, 0.05) is 18.8 Å². The molecule has 1 fully saturated rings. The number of benzene rings is 1. The van der Waals surface area contributed by atoms with E-state index >= 15 is 0 Å². The molecule has 3 rings (SSSR count). The summed E-state index contributed by atoms with van der Waals surface area (Å²) in [5, 5.41) is 8.05. The number of sulfonamides is 1. The topological polar surface area (TPSA) is 111 Å². The van der Waals surface area contributed by atoms with Crippen molar-refractivity contribution in [3.05, 3.63) is 23.8 Å². The third kappa shape index (κ3) is 5.38. The Bertz CT molecular complexity index is 958. The minimum absolute atomic E-state index is 0.0483. The van der Waals surface area contributed by atoms with Crippen LogP contribution < -0.4 is 9.46 Å². The molecule has 1 saturated heterocycles. The lowest BCUT2D eigenvalue weighted by molar-refractivity contribution is 0.0300. The van der Waals surface area contributed by atoms with E-state index in [9.17, 15) is 13.2 Å². The molecule has 1 aliphatic heterocycles. The van der Waals surface area contributed by atoms with Crippen molar-refractivity contribution in [2.45, 2.75) is 22.6 Å². The number of hydrogen-bond acceptors (Lipinski definition) is 9. The molecule has 2 heterocycles. The third-order valence-electron chi connectivity index (χ3n) is 4.07. The van der Waals surface area contributed by atoms with Crippen molar-refractivity contribution < 1.29 is 22.7 Å². The zero-order valence-electron chi connectivity index (χ0n) is 16.1. The maximum absolute atomic E-state index is 12.9. The zero-order chi connectivity index (χ0) is 20.9. The van der Waals surface area contributed by atoms with Crippen molar-refractivity contribution in [3.63, 3.8) is 0 Å². The van der Waals surface area contributed by atoms with Crippen LogP contribution in [-0.4, -0.2) is 68.6 Å². The van der Waals surface area contributed by atoms with Crippen molar-refractivity contribution in [1.29, 1.82) is 0 Å². The summed E-state index contributed by atoms with van der Waals surface area (Å²) in [6, 6.07) is 4.20. The van der Waals surface area contributed by atoms with Crippen LogP contribution in [0.3, 0.4) is 0 Å². The highest BCUT2D eigenvalue weighted by Gasteiger charge is 2.25. The summed E-state index contributed by atoms with van der Waals surface area (Å²) in [5.74, 6) is 0.901. The largest absolute Gasteiger partial charge is 0.496 e. The number of aromatic nitrogens is 2. The quantitative estimate of drug-likeness (QED) is 0.600. The first-order valence-corrected chi connectivity index (χ1v) is 12.3. The highest BCUT2D eigenvalue weighted by Crippen LogP contribution is 2.29. The van der Waals surface area contributed by atoms with E-state index in [4.69, 9.17) is 9.47 Å². The molecule has 29 heavy (non-hydrogen) atoms. The number of morpholine rings is 1. The van der Waals surface area contributed by atoms with Crippen LogP contribution in [0.25, 0.3) is 0 Å². The number of methoxy groups -OCH3 is 1. The van der Waals surface area contributed by atoms with Crippen molar-refractivity contribution in [2.75, 3.05) is 43.9 Å². The average Bonchev–Trinajstić information content (AvgIpc) is 3.18. The van der Waals surface area contributed by atoms with Gasteiger partial charge in [-0.15, -0.1) is 10.2 Å². The van der Waals surface area contributed by atoms with Gasteiger partial charge in [-0.25, -0.2) is 8.42 Å². The van der Waals surface area contributed by atoms with Gasteiger partial charge in [0.15, 0.2) is 4.34 Å². The maximum Gasteiger partial charge on any atom is 0.263 e. The van der Waals surface area contributed by atoms with Gasteiger partial charge in [-0.2, -0.15) is 0 Å². The summed E-state index contributed by atoms with van der Waals surface area (Å²) in [5.41, 5.74) is 0.189. The van der Waals surface area contributed by atoms with Crippen molar-refractivity contribution >= 4 is 44.2 Å². The molecule has 0 bridgehead atoms. The Morgan fingerprint density at radius 1 is 1.34 bits per heavy atom. The van der Waals surface area contributed by atoms with Gasteiger partial charge >= 0.3 is 0 Å². The van der Waals surface area contributed by atoms with Crippen LogP contribution in [0.2, 0.25) is 0 Å². The van der Waals surface area contributed by atoms with E-state index in [1.165, 1.54) is 48.4 Å². The van der Waals surface area contributed by atoms with Crippen molar-refractivity contribution in [2.24, 2.45) is 0 Å². The molecular formula is C17H22N4O5S3. The molecule has 0 unspecified atom stereocenters. The molecule has 9 nitrogen and oxygen atoms in total. The summed E-state index contributed by atoms with van der Waals surface area (Å²) < 4.78 is 39.3. The number of amides is 1. The van der Waals surface area contributed by atoms with Gasteiger partial charge in [0.25, 0.3) is 15.9 Å². The number of nitrogens with one attached hydrogen (secondary N) is 1. The Hall–Kier alpha value is -1.89. The molecule has 1 amide bonds. The lowest BCUT2D eigenvalue weighted by atomic mass is 10.1. The summed E-state index contributed by atoms with van der Waals surface area (Å²) >= 11 is 2.70. The Morgan fingerprint density at radius 3 is 2.79 bits per heavy atom. The van der Waals surface area contributed by atoms with E-state index < -0.39 is 10.0 Å². The summed E-state index contributed by atoms with van der Waals surface area (Å²) in [6.07, 6.45) is 0.983. The first-order chi connectivity index (χ1) is 13.9. The normalized spacial score (nSPS) is 14.6. The fourth-order valence-corrected chi connectivity index (χ4v) is 5.56.